The lowest BCUT2D eigenvalue weighted by Crippen LogP contribution is -2.26. The Morgan fingerprint density at radius 3 is 2.57 bits per heavy atom. The Labute approximate surface area is 133 Å². The molecule has 1 aromatic carbocycles. The minimum Gasteiger partial charge on any atom is -0.316 e. The average Bonchev–Trinajstić information content (AvgIpc) is 2.47. The van der Waals surface area contributed by atoms with Crippen LogP contribution in [0.15, 0.2) is 23.1 Å². The fourth-order valence-electron chi connectivity index (χ4n) is 2.07. The normalized spacial score (nSPS) is 13.3. The minimum absolute atomic E-state index is 0.349. The van der Waals surface area contributed by atoms with E-state index in [4.69, 9.17) is 0 Å². The van der Waals surface area contributed by atoms with E-state index in [1.165, 1.54) is 5.56 Å². The van der Waals surface area contributed by atoms with Gasteiger partial charge in [0.2, 0.25) is 10.0 Å². The first-order valence-corrected chi connectivity index (χ1v) is 10.0. The van der Waals surface area contributed by atoms with Gasteiger partial charge in [-0.2, -0.15) is 11.8 Å². The maximum atomic E-state index is 12.3. The fraction of sp³-hybridized carbons (Fsp3) is 0.600. The molecule has 1 atom stereocenters. The zero-order chi connectivity index (χ0) is 15.9. The SMILES string of the molecule is CCc1ccc(S(=O)(=O)NCCC(C)SC)cc1CNC. The lowest BCUT2D eigenvalue weighted by atomic mass is 10.1. The number of nitrogens with one attached hydrogen (secondary N) is 2. The van der Waals surface area contributed by atoms with Crippen molar-refractivity contribution in [3.8, 4) is 0 Å². The van der Waals surface area contributed by atoms with Crippen molar-refractivity contribution in [1.82, 2.24) is 10.0 Å². The van der Waals surface area contributed by atoms with Crippen LogP contribution in [0.3, 0.4) is 0 Å². The molecule has 0 aliphatic rings. The Balaban J connectivity index is 2.85. The van der Waals surface area contributed by atoms with Gasteiger partial charge in [0, 0.05) is 18.3 Å². The van der Waals surface area contributed by atoms with Crippen LogP contribution < -0.4 is 10.0 Å². The summed E-state index contributed by atoms with van der Waals surface area (Å²) in [6, 6.07) is 5.37. The molecule has 1 aromatic rings. The van der Waals surface area contributed by atoms with Crippen LogP contribution in [0.2, 0.25) is 0 Å². The molecule has 6 heteroatoms. The van der Waals surface area contributed by atoms with Gasteiger partial charge in [0.05, 0.1) is 4.90 Å². The topological polar surface area (TPSA) is 58.2 Å². The highest BCUT2D eigenvalue weighted by atomic mass is 32.2. The monoisotopic (exact) mass is 330 g/mol. The highest BCUT2D eigenvalue weighted by Gasteiger charge is 2.15. The summed E-state index contributed by atoms with van der Waals surface area (Å²) in [6.45, 7) is 5.32. The molecule has 0 saturated carbocycles. The van der Waals surface area contributed by atoms with Gasteiger partial charge in [-0.15, -0.1) is 0 Å². The third kappa shape index (κ3) is 5.62. The number of thioether (sulfide) groups is 1. The standard InChI is InChI=1S/C15H26N2O2S2/c1-5-13-6-7-15(10-14(13)11-16-3)21(18,19)17-9-8-12(2)20-4/h6-7,10,12,16-17H,5,8-9,11H2,1-4H3. The fourth-order valence-corrected chi connectivity index (χ4v) is 3.52. The van der Waals surface area contributed by atoms with E-state index in [0.717, 1.165) is 18.4 Å². The molecule has 0 radical (unpaired) electrons. The van der Waals surface area contributed by atoms with Gasteiger partial charge in [-0.3, -0.25) is 0 Å². The molecule has 0 aliphatic carbocycles. The first-order valence-electron chi connectivity index (χ1n) is 7.23. The molecule has 0 heterocycles. The second-order valence-corrected chi connectivity index (χ2v) is 8.09. The predicted molar refractivity (Wildman–Crippen MR) is 91.4 cm³/mol. The molecule has 0 aliphatic heterocycles. The second kappa shape index (κ2) is 8.78. The van der Waals surface area contributed by atoms with Crippen LogP contribution >= 0.6 is 11.8 Å². The van der Waals surface area contributed by atoms with Crippen molar-refractivity contribution in [2.24, 2.45) is 0 Å². The number of hydrogen-bond donors (Lipinski definition) is 2. The van der Waals surface area contributed by atoms with Crippen molar-refractivity contribution < 1.29 is 8.42 Å². The molecule has 0 aromatic heterocycles. The van der Waals surface area contributed by atoms with Crippen LogP contribution in [0.1, 0.15) is 31.4 Å². The third-order valence-corrected chi connectivity index (χ3v) is 5.98. The summed E-state index contributed by atoms with van der Waals surface area (Å²) >= 11 is 1.74. The van der Waals surface area contributed by atoms with E-state index >= 15 is 0 Å². The molecule has 120 valence electrons. The highest BCUT2D eigenvalue weighted by molar-refractivity contribution is 7.99. The van der Waals surface area contributed by atoms with Gasteiger partial charge < -0.3 is 5.32 Å². The van der Waals surface area contributed by atoms with Crippen molar-refractivity contribution in [1.29, 1.82) is 0 Å². The van der Waals surface area contributed by atoms with E-state index in [1.54, 1.807) is 23.9 Å². The Morgan fingerprint density at radius 2 is 2.00 bits per heavy atom. The smallest absolute Gasteiger partial charge is 0.240 e. The van der Waals surface area contributed by atoms with E-state index in [2.05, 4.69) is 23.9 Å². The van der Waals surface area contributed by atoms with E-state index in [9.17, 15) is 8.42 Å². The lowest BCUT2D eigenvalue weighted by molar-refractivity contribution is 0.578. The van der Waals surface area contributed by atoms with Crippen LogP contribution in [-0.4, -0.2) is 33.5 Å². The third-order valence-electron chi connectivity index (χ3n) is 3.48. The van der Waals surface area contributed by atoms with Crippen LogP contribution in [0.5, 0.6) is 0 Å². The van der Waals surface area contributed by atoms with Gasteiger partial charge in [0.25, 0.3) is 0 Å². The van der Waals surface area contributed by atoms with Crippen LogP contribution in [0.4, 0.5) is 0 Å². The van der Waals surface area contributed by atoms with Crippen molar-refractivity contribution in [2.45, 2.75) is 43.4 Å². The van der Waals surface area contributed by atoms with E-state index in [1.807, 2.05) is 19.4 Å². The summed E-state index contributed by atoms with van der Waals surface area (Å²) in [5.41, 5.74) is 2.22. The maximum Gasteiger partial charge on any atom is 0.240 e. The Kier molecular flexibility index (Phi) is 7.73. The number of benzene rings is 1. The summed E-state index contributed by atoms with van der Waals surface area (Å²) in [6.07, 6.45) is 3.76. The van der Waals surface area contributed by atoms with Gasteiger partial charge in [-0.25, -0.2) is 13.1 Å². The van der Waals surface area contributed by atoms with Crippen LogP contribution in [0, 0.1) is 0 Å². The molecule has 0 saturated heterocycles. The summed E-state index contributed by atoms with van der Waals surface area (Å²) in [5.74, 6) is 0. The van der Waals surface area contributed by atoms with E-state index < -0.39 is 10.0 Å². The Morgan fingerprint density at radius 1 is 1.29 bits per heavy atom. The summed E-state index contributed by atoms with van der Waals surface area (Å²) < 4.78 is 27.3. The molecule has 0 amide bonds. The average molecular weight is 331 g/mol. The van der Waals surface area contributed by atoms with Crippen molar-refractivity contribution in [3.63, 3.8) is 0 Å². The van der Waals surface area contributed by atoms with Crippen molar-refractivity contribution >= 4 is 21.8 Å². The number of aryl methyl sites for hydroxylation is 1. The quantitative estimate of drug-likeness (QED) is 0.730. The molecule has 1 rings (SSSR count). The summed E-state index contributed by atoms with van der Waals surface area (Å²) in [5, 5.41) is 3.54. The number of hydrogen-bond acceptors (Lipinski definition) is 4. The number of rotatable bonds is 9. The zero-order valence-corrected chi connectivity index (χ0v) is 14.9. The summed E-state index contributed by atoms with van der Waals surface area (Å²) in [7, 11) is -1.55. The minimum atomic E-state index is -3.42. The molecular weight excluding hydrogens is 304 g/mol. The Bertz CT molecular complexity index is 545. The van der Waals surface area contributed by atoms with Gasteiger partial charge in [-0.1, -0.05) is 19.9 Å². The molecule has 0 spiro atoms. The largest absolute Gasteiger partial charge is 0.316 e. The Hall–Kier alpha value is -0.560. The summed E-state index contributed by atoms with van der Waals surface area (Å²) in [4.78, 5) is 0.349. The second-order valence-electron chi connectivity index (χ2n) is 5.05. The zero-order valence-electron chi connectivity index (χ0n) is 13.3. The van der Waals surface area contributed by atoms with Gasteiger partial charge >= 0.3 is 0 Å². The lowest BCUT2D eigenvalue weighted by Gasteiger charge is -2.13. The molecule has 1 unspecified atom stereocenters. The molecular formula is C15H26N2O2S2. The maximum absolute atomic E-state index is 12.3. The van der Waals surface area contributed by atoms with Crippen LogP contribution in [0.25, 0.3) is 0 Å². The highest BCUT2D eigenvalue weighted by Crippen LogP contribution is 2.17. The van der Waals surface area contributed by atoms with Gasteiger partial charge in [-0.05, 0) is 49.4 Å². The molecule has 0 fully saturated rings. The predicted octanol–water partition coefficient (Wildman–Crippen LogP) is 2.39. The first kappa shape index (κ1) is 18.5. The van der Waals surface area contributed by atoms with Crippen molar-refractivity contribution in [3.05, 3.63) is 29.3 Å². The molecule has 2 N–H and O–H groups in total. The van der Waals surface area contributed by atoms with E-state index in [-0.39, 0.29) is 0 Å². The van der Waals surface area contributed by atoms with Crippen LogP contribution in [-0.2, 0) is 23.0 Å². The van der Waals surface area contributed by atoms with Gasteiger partial charge in [0.1, 0.15) is 0 Å². The molecule has 0 bridgehead atoms. The van der Waals surface area contributed by atoms with E-state index in [0.29, 0.717) is 23.2 Å². The number of sulfonamides is 1. The van der Waals surface area contributed by atoms with Gasteiger partial charge in [0.15, 0.2) is 0 Å². The van der Waals surface area contributed by atoms with Crippen molar-refractivity contribution in [2.75, 3.05) is 19.8 Å². The molecule has 4 nitrogen and oxygen atoms in total. The first-order chi connectivity index (χ1) is 9.94. The molecule has 21 heavy (non-hydrogen) atoms.